The molecule has 18 heavy (non-hydrogen) atoms. The molecule has 0 radical (unpaired) electrons. The number of hydrogen-bond donors (Lipinski definition) is 0. The molecular weight excluding hydrogens is 342 g/mol. The molecule has 0 amide bonds. The van der Waals surface area contributed by atoms with Crippen LogP contribution in [0.15, 0.2) is 43.3 Å². The van der Waals surface area contributed by atoms with E-state index >= 15 is 0 Å². The summed E-state index contributed by atoms with van der Waals surface area (Å²) >= 11 is 1.57. The standard InChI is InChI=1S/C15H19.2ClH.Zr/c1-10-7-6-8-14(10)15(5)9-11(2)12(3)13(15)4;;;/h6-7H,8H2,1-5H3;2*1H;/q;;;+2/p-2. The van der Waals surface area contributed by atoms with E-state index in [9.17, 15) is 0 Å². The molecule has 0 heterocycles. The predicted octanol–water partition coefficient (Wildman–Crippen LogP) is -1.55. The summed E-state index contributed by atoms with van der Waals surface area (Å²) in [6.07, 6.45) is 5.72. The topological polar surface area (TPSA) is 0 Å². The van der Waals surface area contributed by atoms with Gasteiger partial charge in [0.1, 0.15) is 0 Å². The molecule has 0 saturated heterocycles. The van der Waals surface area contributed by atoms with E-state index in [-0.39, 0.29) is 30.2 Å². The molecule has 3 heteroatoms. The summed E-state index contributed by atoms with van der Waals surface area (Å²) < 4.78 is 1.63. The average Bonchev–Trinajstić information content (AvgIpc) is 2.75. The van der Waals surface area contributed by atoms with E-state index in [2.05, 4.69) is 46.8 Å². The van der Waals surface area contributed by atoms with Crippen LogP contribution in [0.4, 0.5) is 0 Å². The number of halogens is 2. The quantitative estimate of drug-likeness (QED) is 0.531. The van der Waals surface area contributed by atoms with E-state index in [1.165, 1.54) is 16.7 Å². The van der Waals surface area contributed by atoms with Crippen molar-refractivity contribution in [2.24, 2.45) is 5.41 Å². The minimum absolute atomic E-state index is 0. The van der Waals surface area contributed by atoms with Gasteiger partial charge in [0.05, 0.1) is 0 Å². The summed E-state index contributed by atoms with van der Waals surface area (Å²) in [6.45, 7) is 11.5. The molecule has 0 bridgehead atoms. The monoisotopic (exact) mass is 359 g/mol. The van der Waals surface area contributed by atoms with Crippen LogP contribution in [0, 0.1) is 5.41 Å². The molecular formula is C15H19Cl2Zr. The van der Waals surface area contributed by atoms with Crippen molar-refractivity contribution < 1.29 is 49.5 Å². The first kappa shape index (κ1) is 18.4. The van der Waals surface area contributed by atoms with E-state index in [1.807, 2.05) is 0 Å². The molecule has 0 aromatic heterocycles. The molecule has 0 saturated carbocycles. The summed E-state index contributed by atoms with van der Waals surface area (Å²) in [7, 11) is 0. The first-order chi connectivity index (χ1) is 7.40. The third-order valence-corrected chi connectivity index (χ3v) is 6.67. The van der Waals surface area contributed by atoms with Gasteiger partial charge in [-0.25, -0.2) is 0 Å². The van der Waals surface area contributed by atoms with Gasteiger partial charge in [0.25, 0.3) is 0 Å². The van der Waals surface area contributed by atoms with Gasteiger partial charge >= 0.3 is 114 Å². The molecule has 0 N–H and O–H groups in total. The summed E-state index contributed by atoms with van der Waals surface area (Å²) in [5.41, 5.74) is 7.93. The largest absolute Gasteiger partial charge is 1.00 e. The fourth-order valence-corrected chi connectivity index (χ4v) is 4.29. The van der Waals surface area contributed by atoms with Crippen molar-refractivity contribution in [3.63, 3.8) is 0 Å². The van der Waals surface area contributed by atoms with Crippen molar-refractivity contribution in [2.75, 3.05) is 0 Å². The Kier molecular flexibility index (Phi) is 6.40. The molecule has 0 aromatic carbocycles. The third-order valence-electron chi connectivity index (χ3n) is 4.52. The Balaban J connectivity index is 0.00000144. The number of rotatable bonds is 1. The predicted molar refractivity (Wildman–Crippen MR) is 65.6 cm³/mol. The van der Waals surface area contributed by atoms with Crippen LogP contribution in [0.3, 0.4) is 0 Å². The van der Waals surface area contributed by atoms with Crippen molar-refractivity contribution in [3.05, 3.63) is 43.3 Å². The van der Waals surface area contributed by atoms with Gasteiger partial charge in [-0.1, -0.05) is 0 Å². The maximum absolute atomic E-state index is 2.41. The van der Waals surface area contributed by atoms with Gasteiger partial charge in [-0.2, -0.15) is 0 Å². The van der Waals surface area contributed by atoms with Crippen molar-refractivity contribution in [3.8, 4) is 0 Å². The van der Waals surface area contributed by atoms with E-state index in [1.54, 1.807) is 39.1 Å². The van der Waals surface area contributed by atoms with Gasteiger partial charge in [-0.3, -0.25) is 0 Å². The SMILES string of the molecule is CC1=C(C2(C)C(C)=C(C)C(C)=[C]2[Zr+2])CC=C1.[Cl-].[Cl-]. The Hall–Kier alpha value is 0.423. The van der Waals surface area contributed by atoms with Crippen molar-refractivity contribution in [1.29, 1.82) is 0 Å². The Morgan fingerprint density at radius 3 is 1.94 bits per heavy atom. The maximum atomic E-state index is 2.41. The van der Waals surface area contributed by atoms with Gasteiger partial charge in [-0.05, 0) is 0 Å². The smallest absolute Gasteiger partial charge is 1.00 e. The Morgan fingerprint density at radius 2 is 1.61 bits per heavy atom. The van der Waals surface area contributed by atoms with Gasteiger partial charge < -0.3 is 24.8 Å². The number of allylic oxidation sites excluding steroid dienone is 8. The van der Waals surface area contributed by atoms with Gasteiger partial charge in [-0.15, -0.1) is 0 Å². The van der Waals surface area contributed by atoms with Crippen LogP contribution in [0.1, 0.15) is 41.0 Å². The maximum Gasteiger partial charge on any atom is -1.00 e. The molecule has 0 spiro atoms. The van der Waals surface area contributed by atoms with Crippen LogP contribution in [0.5, 0.6) is 0 Å². The fourth-order valence-electron chi connectivity index (χ4n) is 3.00. The summed E-state index contributed by atoms with van der Waals surface area (Å²) in [5.74, 6) is 0. The molecule has 97 valence electrons. The Labute approximate surface area is 138 Å². The van der Waals surface area contributed by atoms with Crippen molar-refractivity contribution in [2.45, 2.75) is 41.0 Å². The second-order valence-electron chi connectivity index (χ2n) is 5.14. The summed E-state index contributed by atoms with van der Waals surface area (Å²) in [6, 6.07) is 0. The van der Waals surface area contributed by atoms with Crippen molar-refractivity contribution in [1.82, 2.24) is 0 Å². The third kappa shape index (κ3) is 2.39. The summed E-state index contributed by atoms with van der Waals surface area (Å²) in [5, 5.41) is 0. The normalized spacial score (nSPS) is 26.8. The van der Waals surface area contributed by atoms with E-state index in [0.717, 1.165) is 6.42 Å². The average molecular weight is 361 g/mol. The molecule has 2 rings (SSSR count). The van der Waals surface area contributed by atoms with Crippen LogP contribution in [-0.4, -0.2) is 0 Å². The van der Waals surface area contributed by atoms with Crippen LogP contribution in [-0.2, 0) is 24.7 Å². The molecule has 1 unspecified atom stereocenters. The van der Waals surface area contributed by atoms with Crippen LogP contribution < -0.4 is 24.8 Å². The van der Waals surface area contributed by atoms with E-state index in [0.29, 0.717) is 0 Å². The molecule has 0 aromatic rings. The van der Waals surface area contributed by atoms with E-state index in [4.69, 9.17) is 0 Å². The second-order valence-corrected chi connectivity index (χ2v) is 6.37. The minimum Gasteiger partial charge on any atom is -1.00 e. The molecule has 1 atom stereocenters. The zero-order valence-electron chi connectivity index (χ0n) is 11.6. The van der Waals surface area contributed by atoms with Crippen LogP contribution in [0.25, 0.3) is 0 Å². The summed E-state index contributed by atoms with van der Waals surface area (Å²) in [4.78, 5) is 0. The Bertz CT molecular complexity index is 455. The first-order valence-electron chi connectivity index (χ1n) is 5.88. The molecule has 0 nitrogen and oxygen atoms in total. The second kappa shape index (κ2) is 6.25. The fraction of sp³-hybridized carbons (Fsp3) is 0.467. The van der Waals surface area contributed by atoms with Gasteiger partial charge in [0.2, 0.25) is 0 Å². The van der Waals surface area contributed by atoms with Crippen LogP contribution in [0.2, 0.25) is 0 Å². The zero-order chi connectivity index (χ0) is 12.1. The molecule has 0 aliphatic heterocycles. The van der Waals surface area contributed by atoms with Crippen molar-refractivity contribution >= 4 is 0 Å². The number of hydrogen-bond acceptors (Lipinski definition) is 0. The molecule has 2 aliphatic rings. The van der Waals surface area contributed by atoms with Gasteiger partial charge in [0, 0.05) is 0 Å². The molecule has 0 fully saturated rings. The van der Waals surface area contributed by atoms with Crippen LogP contribution >= 0.6 is 0 Å². The Morgan fingerprint density at radius 1 is 1.06 bits per heavy atom. The van der Waals surface area contributed by atoms with E-state index < -0.39 is 0 Å². The first-order valence-corrected chi connectivity index (χ1v) is 7.11. The minimum atomic E-state index is 0. The zero-order valence-corrected chi connectivity index (χ0v) is 15.6. The molecule has 2 aliphatic carbocycles. The van der Waals surface area contributed by atoms with Gasteiger partial charge in [0.15, 0.2) is 0 Å².